The van der Waals surface area contributed by atoms with Crippen molar-refractivity contribution in [3.8, 4) is 6.07 Å². The van der Waals surface area contributed by atoms with Crippen molar-refractivity contribution in [3.05, 3.63) is 70.8 Å². The van der Waals surface area contributed by atoms with Gasteiger partial charge in [-0.25, -0.2) is 8.78 Å². The van der Waals surface area contributed by atoms with Gasteiger partial charge in [-0.15, -0.1) is 0 Å². The van der Waals surface area contributed by atoms with E-state index in [9.17, 15) is 18.8 Å². The fourth-order valence-electron chi connectivity index (χ4n) is 2.00. The summed E-state index contributed by atoms with van der Waals surface area (Å²) >= 11 is 0. The lowest BCUT2D eigenvalue weighted by atomic mass is 9.89. The molecule has 1 atom stereocenters. The SMILES string of the molecule is Cc1ccccc1C(C#N)C(=O)c1ccc(F)c(F)c1. The van der Waals surface area contributed by atoms with Crippen molar-refractivity contribution in [2.75, 3.05) is 0 Å². The van der Waals surface area contributed by atoms with Gasteiger partial charge in [0.25, 0.3) is 0 Å². The summed E-state index contributed by atoms with van der Waals surface area (Å²) in [5.41, 5.74) is 1.36. The van der Waals surface area contributed by atoms with Gasteiger partial charge in [-0.05, 0) is 36.2 Å². The standard InChI is InChI=1S/C16H11F2NO/c1-10-4-2-3-5-12(10)13(9-19)16(20)11-6-7-14(17)15(18)8-11/h2-8,13H,1H3. The average molecular weight is 271 g/mol. The Bertz CT molecular complexity index is 704. The van der Waals surface area contributed by atoms with E-state index < -0.39 is 23.3 Å². The van der Waals surface area contributed by atoms with Crippen LogP contribution in [0.4, 0.5) is 8.78 Å². The molecule has 2 rings (SSSR count). The molecule has 2 aromatic rings. The predicted molar refractivity (Wildman–Crippen MR) is 70.2 cm³/mol. The van der Waals surface area contributed by atoms with Gasteiger partial charge >= 0.3 is 0 Å². The minimum atomic E-state index is -1.10. The van der Waals surface area contributed by atoms with Crippen LogP contribution in [0.15, 0.2) is 42.5 Å². The van der Waals surface area contributed by atoms with E-state index in [1.807, 2.05) is 6.07 Å². The van der Waals surface area contributed by atoms with Crippen molar-refractivity contribution in [3.63, 3.8) is 0 Å². The van der Waals surface area contributed by atoms with Gasteiger partial charge in [0.1, 0.15) is 5.92 Å². The van der Waals surface area contributed by atoms with E-state index in [-0.39, 0.29) is 5.56 Å². The van der Waals surface area contributed by atoms with Crippen LogP contribution >= 0.6 is 0 Å². The minimum absolute atomic E-state index is 0.0151. The molecule has 0 aromatic heterocycles. The first-order chi connectivity index (χ1) is 9.54. The number of benzene rings is 2. The number of aryl methyl sites for hydroxylation is 1. The molecule has 0 heterocycles. The zero-order chi connectivity index (χ0) is 14.7. The topological polar surface area (TPSA) is 40.9 Å². The molecule has 0 fully saturated rings. The van der Waals surface area contributed by atoms with Gasteiger partial charge in [0.05, 0.1) is 6.07 Å². The number of halogens is 2. The van der Waals surface area contributed by atoms with Crippen molar-refractivity contribution in [1.29, 1.82) is 5.26 Å². The highest BCUT2D eigenvalue weighted by Crippen LogP contribution is 2.24. The number of nitrogens with zero attached hydrogens (tertiary/aromatic N) is 1. The van der Waals surface area contributed by atoms with Crippen LogP contribution in [0.5, 0.6) is 0 Å². The Labute approximate surface area is 115 Å². The van der Waals surface area contributed by atoms with E-state index in [2.05, 4.69) is 0 Å². The highest BCUT2D eigenvalue weighted by molar-refractivity contribution is 6.02. The third kappa shape index (κ3) is 2.57. The molecule has 2 nitrogen and oxygen atoms in total. The second-order valence-electron chi connectivity index (χ2n) is 4.41. The number of carbonyl (C=O) groups excluding carboxylic acids is 1. The molecular formula is C16H11F2NO. The number of Topliss-reactive ketones (excluding diaryl/α,β-unsaturated/α-hetero) is 1. The largest absolute Gasteiger partial charge is 0.292 e. The van der Waals surface area contributed by atoms with Gasteiger partial charge < -0.3 is 0 Å². The molecule has 20 heavy (non-hydrogen) atoms. The van der Waals surface area contributed by atoms with Crippen molar-refractivity contribution in [1.82, 2.24) is 0 Å². The average Bonchev–Trinajstić information content (AvgIpc) is 2.44. The Balaban J connectivity index is 2.42. The van der Waals surface area contributed by atoms with Crippen LogP contribution in [0.3, 0.4) is 0 Å². The van der Waals surface area contributed by atoms with Gasteiger partial charge in [-0.3, -0.25) is 4.79 Å². The second kappa shape index (κ2) is 5.62. The zero-order valence-electron chi connectivity index (χ0n) is 10.7. The van der Waals surface area contributed by atoms with Crippen LogP contribution < -0.4 is 0 Å². The predicted octanol–water partition coefficient (Wildman–Crippen LogP) is 3.76. The van der Waals surface area contributed by atoms with Crippen LogP contribution in [0.2, 0.25) is 0 Å². The normalized spacial score (nSPS) is 11.7. The van der Waals surface area contributed by atoms with Gasteiger partial charge in [0, 0.05) is 5.56 Å². The summed E-state index contributed by atoms with van der Waals surface area (Å²) < 4.78 is 26.1. The first kappa shape index (κ1) is 13.9. The van der Waals surface area contributed by atoms with E-state index >= 15 is 0 Å². The molecule has 0 saturated heterocycles. The Morgan fingerprint density at radius 2 is 1.85 bits per heavy atom. The molecule has 0 spiro atoms. The number of hydrogen-bond donors (Lipinski definition) is 0. The van der Waals surface area contributed by atoms with Crippen molar-refractivity contribution in [2.45, 2.75) is 12.8 Å². The third-order valence-electron chi connectivity index (χ3n) is 3.09. The summed E-state index contributed by atoms with van der Waals surface area (Å²) in [6.07, 6.45) is 0. The molecule has 0 aliphatic heterocycles. The molecule has 0 saturated carbocycles. The summed E-state index contributed by atoms with van der Waals surface area (Å²) in [6, 6.07) is 11.8. The number of nitriles is 1. The van der Waals surface area contributed by atoms with Crippen molar-refractivity contribution in [2.24, 2.45) is 0 Å². The summed E-state index contributed by atoms with van der Waals surface area (Å²) in [5, 5.41) is 9.22. The fraction of sp³-hybridized carbons (Fsp3) is 0.125. The van der Waals surface area contributed by atoms with E-state index in [1.165, 1.54) is 6.07 Å². The summed E-state index contributed by atoms with van der Waals surface area (Å²) in [6.45, 7) is 1.79. The molecule has 0 amide bonds. The van der Waals surface area contributed by atoms with Crippen LogP contribution in [0, 0.1) is 29.9 Å². The molecule has 0 aliphatic rings. The van der Waals surface area contributed by atoms with Crippen molar-refractivity contribution < 1.29 is 13.6 Å². The maximum absolute atomic E-state index is 13.2. The smallest absolute Gasteiger partial charge is 0.184 e. The van der Waals surface area contributed by atoms with E-state index in [0.717, 1.165) is 17.7 Å². The highest BCUT2D eigenvalue weighted by Gasteiger charge is 2.23. The van der Waals surface area contributed by atoms with Crippen LogP contribution in [0.1, 0.15) is 27.4 Å². The maximum atomic E-state index is 13.2. The maximum Gasteiger partial charge on any atom is 0.184 e. The van der Waals surface area contributed by atoms with Gasteiger partial charge in [0.15, 0.2) is 17.4 Å². The van der Waals surface area contributed by atoms with E-state index in [4.69, 9.17) is 0 Å². The Morgan fingerprint density at radius 3 is 2.45 bits per heavy atom. The molecule has 0 aliphatic carbocycles. The third-order valence-corrected chi connectivity index (χ3v) is 3.09. The Kier molecular flexibility index (Phi) is 3.90. The summed E-state index contributed by atoms with van der Waals surface area (Å²) in [5.74, 6) is -3.69. The lowest BCUT2D eigenvalue weighted by molar-refractivity contribution is 0.0978. The second-order valence-corrected chi connectivity index (χ2v) is 4.41. The van der Waals surface area contributed by atoms with Gasteiger partial charge in [-0.1, -0.05) is 24.3 Å². The lowest BCUT2D eigenvalue weighted by Gasteiger charge is -2.11. The van der Waals surface area contributed by atoms with Crippen LogP contribution in [-0.2, 0) is 0 Å². The highest BCUT2D eigenvalue weighted by atomic mass is 19.2. The van der Waals surface area contributed by atoms with Crippen LogP contribution in [-0.4, -0.2) is 5.78 Å². The zero-order valence-corrected chi connectivity index (χ0v) is 10.7. The van der Waals surface area contributed by atoms with Gasteiger partial charge in [-0.2, -0.15) is 5.26 Å². The molecule has 1 unspecified atom stereocenters. The van der Waals surface area contributed by atoms with Crippen LogP contribution in [0.25, 0.3) is 0 Å². The summed E-state index contributed by atoms with van der Waals surface area (Å²) in [4.78, 5) is 12.3. The Hall–Kier alpha value is -2.54. The first-order valence-corrected chi connectivity index (χ1v) is 5.99. The lowest BCUT2D eigenvalue weighted by Crippen LogP contribution is -2.13. The number of ketones is 1. The number of carbonyl (C=O) groups is 1. The molecule has 100 valence electrons. The molecule has 0 bridgehead atoms. The first-order valence-electron chi connectivity index (χ1n) is 5.99. The molecule has 0 N–H and O–H groups in total. The van der Waals surface area contributed by atoms with Gasteiger partial charge in [0.2, 0.25) is 0 Å². The number of hydrogen-bond acceptors (Lipinski definition) is 2. The number of rotatable bonds is 3. The fourth-order valence-corrected chi connectivity index (χ4v) is 2.00. The molecule has 0 radical (unpaired) electrons. The Morgan fingerprint density at radius 1 is 1.15 bits per heavy atom. The monoisotopic (exact) mass is 271 g/mol. The molecule has 4 heteroatoms. The summed E-state index contributed by atoms with van der Waals surface area (Å²) in [7, 11) is 0. The molecule has 2 aromatic carbocycles. The van der Waals surface area contributed by atoms with E-state index in [0.29, 0.717) is 5.56 Å². The minimum Gasteiger partial charge on any atom is -0.292 e. The quantitative estimate of drug-likeness (QED) is 0.797. The van der Waals surface area contributed by atoms with E-state index in [1.54, 1.807) is 31.2 Å². The molecular weight excluding hydrogens is 260 g/mol. The van der Waals surface area contributed by atoms with Crippen molar-refractivity contribution >= 4 is 5.78 Å².